The highest BCUT2D eigenvalue weighted by Crippen LogP contribution is 2.58. The summed E-state index contributed by atoms with van der Waals surface area (Å²) in [6.45, 7) is 3.62. The van der Waals surface area contributed by atoms with Crippen LogP contribution in [0.3, 0.4) is 0 Å². The Hall–Kier alpha value is -2.38. The second-order valence-corrected chi connectivity index (χ2v) is 11.6. The van der Waals surface area contributed by atoms with Gasteiger partial charge in [0.15, 0.2) is 0 Å². The summed E-state index contributed by atoms with van der Waals surface area (Å²) in [5.41, 5.74) is -0.178. The van der Waals surface area contributed by atoms with Crippen molar-refractivity contribution in [2.24, 2.45) is 5.92 Å². The Balaban J connectivity index is 2.34. The van der Waals surface area contributed by atoms with Crippen LogP contribution in [0.1, 0.15) is 37.3 Å². The van der Waals surface area contributed by atoms with E-state index in [9.17, 15) is 34.8 Å². The number of benzene rings is 2. The van der Waals surface area contributed by atoms with E-state index in [2.05, 4.69) is 11.6 Å². The first kappa shape index (κ1) is 31.2. The molecule has 2 aromatic rings. The smallest absolute Gasteiger partial charge is 0.417 e. The van der Waals surface area contributed by atoms with E-state index in [0.29, 0.717) is 0 Å². The van der Waals surface area contributed by atoms with Gasteiger partial charge < -0.3 is 9.47 Å². The Morgan fingerprint density at radius 1 is 0.897 bits per heavy atom. The van der Waals surface area contributed by atoms with E-state index in [1.165, 1.54) is 60.7 Å². The Morgan fingerprint density at radius 2 is 1.41 bits per heavy atom. The summed E-state index contributed by atoms with van der Waals surface area (Å²) in [5, 5.41) is -13.0. The molecule has 0 N–H and O–H groups in total. The topological polar surface area (TPSA) is 52.6 Å². The van der Waals surface area contributed by atoms with Crippen molar-refractivity contribution in [3.8, 4) is 0 Å². The maximum absolute atomic E-state index is 15.2. The summed E-state index contributed by atoms with van der Waals surface area (Å²) in [5.74, 6) is -16.7. The molecule has 3 rings (SSSR count). The van der Waals surface area contributed by atoms with Gasteiger partial charge in [-0.1, -0.05) is 74.5 Å². The van der Waals surface area contributed by atoms with Gasteiger partial charge in [0.2, 0.25) is 6.29 Å². The molecule has 1 aliphatic rings. The first-order valence-corrected chi connectivity index (χ1v) is 13.3. The highest BCUT2D eigenvalue weighted by molar-refractivity contribution is 7.96. The van der Waals surface area contributed by atoms with Gasteiger partial charge in [-0.05, 0) is 23.1 Å². The normalized spacial score (nSPS) is 19.8. The average Bonchev–Trinajstić information content (AvgIpc) is 2.86. The standard InChI is InChI=1S/C25H23ClF8O4S/c1-15(2)14-37-19-13-18(16-9-5-3-6-10-16)21(20(38-19)17-11-7-4-8-12-17)39(35,36)25(33,34)23(29,30)22(27,28)24(26,31)32/h3-12,15,18-19H,13-14H2,1-2H3/t18-,19+/m1/s1. The third-order valence-electron chi connectivity index (χ3n) is 5.81. The quantitative estimate of drug-likeness (QED) is 0.206. The molecule has 1 aliphatic heterocycles. The van der Waals surface area contributed by atoms with Crippen LogP contribution in [0.2, 0.25) is 0 Å². The van der Waals surface area contributed by atoms with Gasteiger partial charge in [-0.2, -0.15) is 35.1 Å². The van der Waals surface area contributed by atoms with E-state index in [1.807, 2.05) is 0 Å². The maximum atomic E-state index is 15.2. The van der Waals surface area contributed by atoms with Crippen LogP contribution >= 0.6 is 11.6 Å². The summed E-state index contributed by atoms with van der Waals surface area (Å²) < 4.78 is 152. The number of alkyl halides is 9. The lowest BCUT2D eigenvalue weighted by atomic mass is 9.91. The lowest BCUT2D eigenvalue weighted by Crippen LogP contribution is -2.63. The molecule has 1 heterocycles. The molecule has 0 fully saturated rings. The molecule has 0 unspecified atom stereocenters. The first-order chi connectivity index (χ1) is 17.9. The summed E-state index contributed by atoms with van der Waals surface area (Å²) in [7, 11) is -6.87. The monoisotopic (exact) mass is 606 g/mol. The van der Waals surface area contributed by atoms with Gasteiger partial charge in [0.05, 0.1) is 6.61 Å². The van der Waals surface area contributed by atoms with E-state index in [4.69, 9.17) is 9.47 Å². The lowest BCUT2D eigenvalue weighted by Gasteiger charge is -2.38. The Kier molecular flexibility index (Phi) is 8.70. The lowest BCUT2D eigenvalue weighted by molar-refractivity contribution is -0.326. The van der Waals surface area contributed by atoms with Gasteiger partial charge in [0.25, 0.3) is 9.84 Å². The van der Waals surface area contributed by atoms with Gasteiger partial charge >= 0.3 is 22.5 Å². The molecule has 0 bridgehead atoms. The van der Waals surface area contributed by atoms with Crippen LogP contribution in [0.5, 0.6) is 0 Å². The van der Waals surface area contributed by atoms with Crippen molar-refractivity contribution in [2.75, 3.05) is 6.61 Å². The zero-order valence-electron chi connectivity index (χ0n) is 20.4. The zero-order chi connectivity index (χ0) is 29.4. The predicted molar refractivity (Wildman–Crippen MR) is 127 cm³/mol. The molecule has 39 heavy (non-hydrogen) atoms. The minimum Gasteiger partial charge on any atom is -0.463 e. The first-order valence-electron chi connectivity index (χ1n) is 11.4. The van der Waals surface area contributed by atoms with Crippen molar-refractivity contribution in [1.29, 1.82) is 0 Å². The Labute approximate surface area is 224 Å². The third-order valence-corrected chi connectivity index (χ3v) is 8.03. The fourth-order valence-electron chi connectivity index (χ4n) is 3.85. The average molecular weight is 607 g/mol. The van der Waals surface area contributed by atoms with Crippen molar-refractivity contribution in [1.82, 2.24) is 0 Å². The van der Waals surface area contributed by atoms with Crippen LogP contribution in [0, 0.1) is 5.92 Å². The van der Waals surface area contributed by atoms with Crippen LogP contribution in [0.15, 0.2) is 65.6 Å². The molecular formula is C25H23ClF8O4S. The number of halogens is 9. The van der Waals surface area contributed by atoms with Crippen LogP contribution in [-0.4, -0.2) is 43.8 Å². The molecule has 0 saturated carbocycles. The minimum absolute atomic E-state index is 0.0134. The summed E-state index contributed by atoms with van der Waals surface area (Å²) in [4.78, 5) is -1.50. The molecule has 0 amide bonds. The molecular weight excluding hydrogens is 584 g/mol. The predicted octanol–water partition coefficient (Wildman–Crippen LogP) is 7.67. The van der Waals surface area contributed by atoms with E-state index < -0.39 is 61.6 Å². The maximum Gasteiger partial charge on any atom is 0.417 e. The Morgan fingerprint density at radius 3 is 1.90 bits per heavy atom. The molecule has 14 heteroatoms. The zero-order valence-corrected chi connectivity index (χ0v) is 21.9. The second-order valence-electron chi connectivity index (χ2n) is 9.20. The van der Waals surface area contributed by atoms with Crippen molar-refractivity contribution in [2.45, 2.75) is 55.0 Å². The fraction of sp³-hybridized carbons (Fsp3) is 0.440. The summed E-state index contributed by atoms with van der Waals surface area (Å²) >= 11 is 4.04. The van der Waals surface area contributed by atoms with Gasteiger partial charge in [0.1, 0.15) is 10.7 Å². The van der Waals surface area contributed by atoms with Crippen molar-refractivity contribution < 1.29 is 53.0 Å². The number of ether oxygens (including phenoxy) is 2. The molecule has 216 valence electrons. The summed E-state index contributed by atoms with van der Waals surface area (Å²) in [6, 6.07) is 13.5. The van der Waals surface area contributed by atoms with Crippen LogP contribution in [0.4, 0.5) is 35.1 Å². The van der Waals surface area contributed by atoms with Gasteiger partial charge in [-0.15, -0.1) is 0 Å². The van der Waals surface area contributed by atoms with Crippen LogP contribution < -0.4 is 0 Å². The number of allylic oxidation sites excluding steroid dienone is 1. The van der Waals surface area contributed by atoms with Crippen LogP contribution in [-0.2, 0) is 19.3 Å². The van der Waals surface area contributed by atoms with Crippen molar-refractivity contribution >= 4 is 27.2 Å². The number of hydrogen-bond donors (Lipinski definition) is 0. The Bertz CT molecular complexity index is 1280. The molecule has 0 radical (unpaired) electrons. The molecule has 2 atom stereocenters. The van der Waals surface area contributed by atoms with E-state index in [0.717, 1.165) is 0 Å². The van der Waals surface area contributed by atoms with Gasteiger partial charge in [-0.3, -0.25) is 0 Å². The minimum atomic E-state index is -7.15. The van der Waals surface area contributed by atoms with E-state index >= 15 is 8.78 Å². The molecule has 0 spiro atoms. The number of rotatable bonds is 10. The van der Waals surface area contributed by atoms with Crippen LogP contribution in [0.25, 0.3) is 5.76 Å². The third kappa shape index (κ3) is 5.62. The van der Waals surface area contributed by atoms with Gasteiger partial charge in [0, 0.05) is 17.9 Å². The van der Waals surface area contributed by atoms with Gasteiger partial charge in [-0.25, -0.2) is 8.42 Å². The fourth-order valence-corrected chi connectivity index (χ4v) is 5.72. The van der Waals surface area contributed by atoms with Crippen molar-refractivity contribution in [3.63, 3.8) is 0 Å². The van der Waals surface area contributed by atoms with Crippen molar-refractivity contribution in [3.05, 3.63) is 76.7 Å². The van der Waals surface area contributed by atoms with E-state index in [1.54, 1.807) is 13.8 Å². The SMILES string of the molecule is CC(C)CO[C@@H]1C[C@H](c2ccccc2)C(S(=O)(=O)C(F)(F)C(F)(F)C(F)(F)C(F)(F)Cl)=C(c2ccccc2)O1. The second kappa shape index (κ2) is 10.9. The molecule has 4 nitrogen and oxygen atoms in total. The molecule has 0 aliphatic carbocycles. The number of hydrogen-bond acceptors (Lipinski definition) is 4. The molecule has 0 saturated heterocycles. The highest BCUT2D eigenvalue weighted by atomic mass is 35.5. The largest absolute Gasteiger partial charge is 0.463 e. The molecule has 0 aromatic heterocycles. The molecule has 2 aromatic carbocycles. The summed E-state index contributed by atoms with van der Waals surface area (Å²) in [6.07, 6.45) is -1.78. The number of sulfone groups is 1. The highest BCUT2D eigenvalue weighted by Gasteiger charge is 2.84. The van der Waals surface area contributed by atoms with E-state index in [-0.39, 0.29) is 23.7 Å².